The summed E-state index contributed by atoms with van der Waals surface area (Å²) in [4.78, 5) is 11.0. The maximum absolute atomic E-state index is 11.0. The van der Waals surface area contributed by atoms with E-state index in [9.17, 15) is 4.79 Å². The van der Waals surface area contributed by atoms with Crippen LogP contribution in [0.5, 0.6) is 0 Å². The minimum absolute atomic E-state index is 0. The maximum Gasteiger partial charge on any atom is 1.00 e. The summed E-state index contributed by atoms with van der Waals surface area (Å²) in [6, 6.07) is 9.73. The second-order valence-electron chi connectivity index (χ2n) is 2.00. The van der Waals surface area contributed by atoms with Crippen molar-refractivity contribution in [3.05, 3.63) is 35.9 Å². The third kappa shape index (κ3) is 3.12. The van der Waals surface area contributed by atoms with Crippen LogP contribution in [-0.4, -0.2) is 12.6 Å². The van der Waals surface area contributed by atoms with E-state index in [0.29, 0.717) is 12.2 Å². The Morgan fingerprint density at radius 2 is 2.33 bits per heavy atom. The molecule has 0 unspecified atom stereocenters. The van der Waals surface area contributed by atoms with Crippen LogP contribution in [0.2, 0.25) is 0 Å². The first-order valence-corrected chi connectivity index (χ1v) is 3.48. The molecular formula is C9H9LiO2. The number of ether oxygens (including phenoxy) is 1. The van der Waals surface area contributed by atoms with Crippen LogP contribution in [0, 0.1) is 6.07 Å². The molecule has 0 aliphatic carbocycles. The summed E-state index contributed by atoms with van der Waals surface area (Å²) in [5, 5.41) is 0. The van der Waals surface area contributed by atoms with Crippen molar-refractivity contribution in [3.63, 3.8) is 0 Å². The van der Waals surface area contributed by atoms with Crippen LogP contribution in [0.4, 0.5) is 0 Å². The van der Waals surface area contributed by atoms with Crippen molar-refractivity contribution in [2.24, 2.45) is 0 Å². The van der Waals surface area contributed by atoms with E-state index in [0.717, 1.165) is 0 Å². The largest absolute Gasteiger partial charge is 1.00 e. The van der Waals surface area contributed by atoms with E-state index in [2.05, 4.69) is 6.07 Å². The van der Waals surface area contributed by atoms with Crippen molar-refractivity contribution in [3.8, 4) is 0 Å². The zero-order valence-corrected chi connectivity index (χ0v) is 7.33. The summed E-state index contributed by atoms with van der Waals surface area (Å²) in [5.41, 5.74) is 0.481. The zero-order valence-electron chi connectivity index (χ0n) is 7.33. The van der Waals surface area contributed by atoms with Crippen LogP contribution in [-0.2, 0) is 4.74 Å². The van der Waals surface area contributed by atoms with Gasteiger partial charge in [-0.1, -0.05) is 5.56 Å². The fraction of sp³-hybridized carbons (Fsp3) is 0.222. The van der Waals surface area contributed by atoms with Crippen LogP contribution >= 0.6 is 0 Å². The minimum Gasteiger partial charge on any atom is -0.506 e. The molecule has 0 radical (unpaired) electrons. The Hall–Kier alpha value is -0.713. The van der Waals surface area contributed by atoms with Crippen LogP contribution in [0.25, 0.3) is 0 Å². The van der Waals surface area contributed by atoms with E-state index >= 15 is 0 Å². The Bertz CT molecular complexity index is 234. The van der Waals surface area contributed by atoms with Gasteiger partial charge < -0.3 is 9.53 Å². The van der Waals surface area contributed by atoms with Crippen LogP contribution < -0.4 is 18.9 Å². The summed E-state index contributed by atoms with van der Waals surface area (Å²) >= 11 is 0. The van der Waals surface area contributed by atoms with Gasteiger partial charge in [0.2, 0.25) is 5.97 Å². The normalized spacial score (nSPS) is 8.42. The molecule has 1 aromatic rings. The predicted molar refractivity (Wildman–Crippen MR) is 41.2 cm³/mol. The number of carbonyl (C=O) groups excluding carboxylic acids is 1. The van der Waals surface area contributed by atoms with E-state index in [1.165, 1.54) is 0 Å². The molecule has 0 saturated heterocycles. The molecule has 0 amide bonds. The fourth-order valence-corrected chi connectivity index (χ4v) is 0.729. The molecule has 12 heavy (non-hydrogen) atoms. The number of esters is 1. The fourth-order valence-electron chi connectivity index (χ4n) is 0.729. The molecule has 1 aromatic carbocycles. The molecule has 0 saturated carbocycles. The SMILES string of the molecule is CCOC(=O)c1[c-]cccc1.[Li+]. The summed E-state index contributed by atoms with van der Waals surface area (Å²) in [6.45, 7) is 2.18. The first-order chi connectivity index (χ1) is 5.34. The number of hydrogen-bond acceptors (Lipinski definition) is 2. The molecule has 0 aliphatic rings. The summed E-state index contributed by atoms with van der Waals surface area (Å²) in [7, 11) is 0. The average molecular weight is 156 g/mol. The standard InChI is InChI=1S/C9H9O2.Li/c1-2-11-9(10)8-6-4-3-5-7-8;/h3-6H,2H2,1H3;/q-1;+1. The molecule has 3 heteroatoms. The topological polar surface area (TPSA) is 26.3 Å². The number of hydrogen-bond donors (Lipinski definition) is 0. The summed E-state index contributed by atoms with van der Waals surface area (Å²) in [6.07, 6.45) is 0. The van der Waals surface area contributed by atoms with Crippen molar-refractivity contribution >= 4 is 5.97 Å². The minimum atomic E-state index is -0.312. The Labute approximate surface area is 84.1 Å². The molecule has 2 nitrogen and oxygen atoms in total. The van der Waals surface area contributed by atoms with E-state index in [1.807, 2.05) is 6.07 Å². The molecule has 58 valence electrons. The third-order valence-corrected chi connectivity index (χ3v) is 1.20. The maximum atomic E-state index is 11.0. The van der Waals surface area contributed by atoms with Gasteiger partial charge in [-0.2, -0.15) is 0 Å². The molecule has 0 N–H and O–H groups in total. The molecule has 0 atom stereocenters. The monoisotopic (exact) mass is 156 g/mol. The summed E-state index contributed by atoms with van der Waals surface area (Å²) < 4.78 is 4.76. The number of carbonyl (C=O) groups is 1. The smallest absolute Gasteiger partial charge is 0.506 e. The van der Waals surface area contributed by atoms with Gasteiger partial charge in [-0.25, -0.2) is 0 Å². The van der Waals surface area contributed by atoms with Crippen LogP contribution in [0.3, 0.4) is 0 Å². The first kappa shape index (κ1) is 11.3. The third-order valence-electron chi connectivity index (χ3n) is 1.20. The van der Waals surface area contributed by atoms with Gasteiger partial charge in [0.25, 0.3) is 0 Å². The van der Waals surface area contributed by atoms with Crippen molar-refractivity contribution in [1.82, 2.24) is 0 Å². The van der Waals surface area contributed by atoms with E-state index in [1.54, 1.807) is 25.1 Å². The van der Waals surface area contributed by atoms with Gasteiger partial charge in [0.1, 0.15) is 0 Å². The van der Waals surface area contributed by atoms with Gasteiger partial charge in [-0.3, -0.25) is 0 Å². The number of rotatable bonds is 2. The molecule has 0 heterocycles. The van der Waals surface area contributed by atoms with Gasteiger partial charge in [0.05, 0.1) is 6.61 Å². The quantitative estimate of drug-likeness (QED) is 0.301. The van der Waals surface area contributed by atoms with E-state index in [-0.39, 0.29) is 24.8 Å². The molecule has 0 bridgehead atoms. The van der Waals surface area contributed by atoms with Gasteiger partial charge in [0.15, 0.2) is 0 Å². The molecule has 1 rings (SSSR count). The molecule has 0 spiro atoms. The van der Waals surface area contributed by atoms with Crippen LogP contribution in [0.1, 0.15) is 17.3 Å². The molecule has 0 aromatic heterocycles. The molecule has 0 aliphatic heterocycles. The second kappa shape index (κ2) is 5.88. The van der Waals surface area contributed by atoms with Gasteiger partial charge in [0, 0.05) is 0 Å². The Kier molecular flexibility index (Phi) is 5.53. The Morgan fingerprint density at radius 3 is 2.83 bits per heavy atom. The van der Waals surface area contributed by atoms with E-state index < -0.39 is 0 Å². The Morgan fingerprint density at radius 1 is 1.58 bits per heavy atom. The van der Waals surface area contributed by atoms with Crippen molar-refractivity contribution in [2.75, 3.05) is 6.61 Å². The van der Waals surface area contributed by atoms with Crippen LogP contribution in [0.15, 0.2) is 24.3 Å². The van der Waals surface area contributed by atoms with Crippen molar-refractivity contribution in [2.45, 2.75) is 6.92 Å². The number of benzene rings is 1. The van der Waals surface area contributed by atoms with Crippen molar-refractivity contribution < 1.29 is 28.4 Å². The van der Waals surface area contributed by atoms with Gasteiger partial charge in [-0.05, 0) is 6.92 Å². The summed E-state index contributed by atoms with van der Waals surface area (Å²) in [5.74, 6) is -0.312. The second-order valence-corrected chi connectivity index (χ2v) is 2.00. The zero-order chi connectivity index (χ0) is 8.10. The van der Waals surface area contributed by atoms with Gasteiger partial charge in [-0.15, -0.1) is 30.3 Å². The molecular weight excluding hydrogens is 147 g/mol. The Balaban J connectivity index is 0.00000121. The van der Waals surface area contributed by atoms with E-state index in [4.69, 9.17) is 4.74 Å². The average Bonchev–Trinajstić information content (AvgIpc) is 2.07. The van der Waals surface area contributed by atoms with Gasteiger partial charge >= 0.3 is 18.9 Å². The predicted octanol–water partition coefficient (Wildman–Crippen LogP) is -1.33. The molecule has 0 fully saturated rings. The first-order valence-electron chi connectivity index (χ1n) is 3.48. The van der Waals surface area contributed by atoms with Crippen molar-refractivity contribution in [1.29, 1.82) is 0 Å².